The number of aromatic amines is 1. The Morgan fingerprint density at radius 3 is 2.95 bits per heavy atom. The van der Waals surface area contributed by atoms with E-state index in [2.05, 4.69) is 10.2 Å². The van der Waals surface area contributed by atoms with Gasteiger partial charge in [-0.05, 0) is 31.2 Å². The topological polar surface area (TPSA) is 49.0 Å². The summed E-state index contributed by atoms with van der Waals surface area (Å²) in [6.07, 6.45) is 1.74. The Labute approximate surface area is 131 Å². The highest BCUT2D eigenvalue weighted by Crippen LogP contribution is 2.23. The number of nitrogens with zero attached hydrogens (tertiary/aromatic N) is 2. The summed E-state index contributed by atoms with van der Waals surface area (Å²) in [5.41, 5.74) is 1.53. The van der Waals surface area contributed by atoms with Gasteiger partial charge in [-0.3, -0.25) is 9.89 Å². The molecule has 0 saturated carbocycles. The zero-order valence-electron chi connectivity index (χ0n) is 11.5. The summed E-state index contributed by atoms with van der Waals surface area (Å²) >= 11 is 7.44. The predicted molar refractivity (Wildman–Crippen MR) is 85.8 cm³/mol. The molecule has 0 fully saturated rings. The van der Waals surface area contributed by atoms with Crippen LogP contribution in [0.2, 0.25) is 4.34 Å². The van der Waals surface area contributed by atoms with Gasteiger partial charge in [0.25, 0.3) is 5.91 Å². The van der Waals surface area contributed by atoms with Crippen LogP contribution in [0.15, 0.2) is 36.5 Å². The third-order valence-electron chi connectivity index (χ3n) is 3.33. The lowest BCUT2D eigenvalue weighted by atomic mass is 10.1. The second kappa shape index (κ2) is 5.87. The second-order valence-corrected chi connectivity index (χ2v) is 6.50. The predicted octanol–water partition coefficient (Wildman–Crippen LogP) is 3.94. The number of halogens is 1. The van der Waals surface area contributed by atoms with Gasteiger partial charge in [0, 0.05) is 22.4 Å². The summed E-state index contributed by atoms with van der Waals surface area (Å²) in [7, 11) is 0. The molecule has 4 nitrogen and oxygen atoms in total. The second-order valence-electron chi connectivity index (χ2n) is 4.70. The Morgan fingerprint density at radius 1 is 1.38 bits per heavy atom. The maximum Gasteiger partial charge on any atom is 0.254 e. The molecule has 0 aliphatic rings. The van der Waals surface area contributed by atoms with E-state index in [9.17, 15) is 4.79 Å². The Morgan fingerprint density at radius 2 is 2.24 bits per heavy atom. The van der Waals surface area contributed by atoms with E-state index < -0.39 is 0 Å². The summed E-state index contributed by atoms with van der Waals surface area (Å²) in [4.78, 5) is 15.5. The van der Waals surface area contributed by atoms with Crippen LogP contribution in [0.4, 0.5) is 0 Å². The molecule has 1 amide bonds. The van der Waals surface area contributed by atoms with E-state index in [-0.39, 0.29) is 5.91 Å². The van der Waals surface area contributed by atoms with Crippen LogP contribution in [-0.4, -0.2) is 27.5 Å². The van der Waals surface area contributed by atoms with E-state index in [4.69, 9.17) is 11.6 Å². The molecular formula is C15H14ClN3OS. The lowest BCUT2D eigenvalue weighted by Crippen LogP contribution is -2.29. The average molecular weight is 320 g/mol. The minimum Gasteiger partial charge on any atom is -0.334 e. The van der Waals surface area contributed by atoms with Crippen molar-refractivity contribution in [2.24, 2.45) is 0 Å². The molecule has 2 heterocycles. The van der Waals surface area contributed by atoms with Crippen LogP contribution in [0.1, 0.15) is 22.2 Å². The lowest BCUT2D eigenvalue weighted by Gasteiger charge is -2.20. The van der Waals surface area contributed by atoms with Crippen LogP contribution in [0.25, 0.3) is 10.9 Å². The van der Waals surface area contributed by atoms with E-state index >= 15 is 0 Å². The van der Waals surface area contributed by atoms with Crippen molar-refractivity contribution in [1.82, 2.24) is 15.1 Å². The molecule has 0 atom stereocenters. The van der Waals surface area contributed by atoms with E-state index in [1.54, 1.807) is 11.1 Å². The highest BCUT2D eigenvalue weighted by Gasteiger charge is 2.16. The van der Waals surface area contributed by atoms with Gasteiger partial charge in [0.15, 0.2) is 0 Å². The molecule has 1 aromatic carbocycles. The van der Waals surface area contributed by atoms with Gasteiger partial charge in [-0.15, -0.1) is 11.3 Å². The molecule has 6 heteroatoms. The molecular weight excluding hydrogens is 306 g/mol. The molecule has 0 radical (unpaired) electrons. The number of fused-ring (bicyclic) bond motifs is 1. The highest BCUT2D eigenvalue weighted by molar-refractivity contribution is 7.16. The van der Waals surface area contributed by atoms with E-state index in [0.717, 1.165) is 20.1 Å². The fraction of sp³-hybridized carbons (Fsp3) is 0.200. The number of carbonyl (C=O) groups is 1. The van der Waals surface area contributed by atoms with Gasteiger partial charge < -0.3 is 4.90 Å². The zero-order valence-corrected chi connectivity index (χ0v) is 13.0. The molecule has 21 heavy (non-hydrogen) atoms. The molecule has 2 aromatic heterocycles. The molecule has 108 valence electrons. The fourth-order valence-electron chi connectivity index (χ4n) is 2.20. The molecule has 3 aromatic rings. The molecule has 0 spiro atoms. The Hall–Kier alpha value is -1.85. The van der Waals surface area contributed by atoms with Crippen molar-refractivity contribution in [1.29, 1.82) is 0 Å². The van der Waals surface area contributed by atoms with E-state index in [1.807, 2.05) is 37.3 Å². The molecule has 1 N–H and O–H groups in total. The van der Waals surface area contributed by atoms with Crippen molar-refractivity contribution >= 4 is 39.7 Å². The monoisotopic (exact) mass is 319 g/mol. The smallest absolute Gasteiger partial charge is 0.254 e. The molecule has 0 aliphatic carbocycles. The Balaban J connectivity index is 1.83. The van der Waals surface area contributed by atoms with Gasteiger partial charge in [0.05, 0.1) is 22.6 Å². The van der Waals surface area contributed by atoms with Gasteiger partial charge >= 0.3 is 0 Å². The Kier molecular flexibility index (Phi) is 3.94. The molecule has 0 unspecified atom stereocenters. The van der Waals surface area contributed by atoms with Crippen molar-refractivity contribution in [3.63, 3.8) is 0 Å². The third-order valence-corrected chi connectivity index (χ3v) is 4.55. The number of aromatic nitrogens is 2. The lowest BCUT2D eigenvalue weighted by molar-refractivity contribution is 0.0754. The van der Waals surface area contributed by atoms with Crippen LogP contribution < -0.4 is 0 Å². The van der Waals surface area contributed by atoms with Crippen molar-refractivity contribution < 1.29 is 4.79 Å². The number of carbonyl (C=O) groups excluding carboxylic acids is 1. The van der Waals surface area contributed by atoms with E-state index in [0.29, 0.717) is 18.7 Å². The molecule has 3 rings (SSSR count). The number of thiophene rings is 1. The maximum absolute atomic E-state index is 12.6. The van der Waals surface area contributed by atoms with Crippen molar-refractivity contribution in [3.05, 3.63) is 51.3 Å². The molecule has 0 bridgehead atoms. The first kappa shape index (κ1) is 14.1. The number of rotatable bonds is 4. The van der Waals surface area contributed by atoms with Gasteiger partial charge in [-0.1, -0.05) is 17.7 Å². The maximum atomic E-state index is 12.6. The first-order valence-corrected chi connectivity index (χ1v) is 7.83. The van der Waals surface area contributed by atoms with Gasteiger partial charge in [0.2, 0.25) is 0 Å². The summed E-state index contributed by atoms with van der Waals surface area (Å²) in [5.74, 6) is 0.0125. The number of H-pyrrole nitrogens is 1. The fourth-order valence-corrected chi connectivity index (χ4v) is 3.31. The number of nitrogens with one attached hydrogen (secondary N) is 1. The quantitative estimate of drug-likeness (QED) is 0.791. The summed E-state index contributed by atoms with van der Waals surface area (Å²) in [6.45, 7) is 3.20. The van der Waals surface area contributed by atoms with Crippen LogP contribution >= 0.6 is 22.9 Å². The summed E-state index contributed by atoms with van der Waals surface area (Å²) in [5, 5.41) is 7.86. The minimum absolute atomic E-state index is 0.0125. The minimum atomic E-state index is 0.0125. The van der Waals surface area contributed by atoms with Crippen molar-refractivity contribution in [2.45, 2.75) is 13.5 Å². The molecule has 0 aliphatic heterocycles. The Bertz CT molecular complexity index is 780. The largest absolute Gasteiger partial charge is 0.334 e. The van der Waals surface area contributed by atoms with Crippen LogP contribution in [0.3, 0.4) is 0 Å². The normalized spacial score (nSPS) is 11.0. The van der Waals surface area contributed by atoms with E-state index in [1.165, 1.54) is 11.3 Å². The van der Waals surface area contributed by atoms with Crippen molar-refractivity contribution in [3.8, 4) is 0 Å². The number of hydrogen-bond acceptors (Lipinski definition) is 3. The van der Waals surface area contributed by atoms with Gasteiger partial charge in [-0.2, -0.15) is 5.10 Å². The van der Waals surface area contributed by atoms with Crippen molar-refractivity contribution in [2.75, 3.05) is 6.54 Å². The summed E-state index contributed by atoms with van der Waals surface area (Å²) in [6, 6.07) is 9.40. The SMILES string of the molecule is CCN(Cc1ccc(Cl)s1)C(=O)c1ccc2cn[nH]c2c1. The number of amides is 1. The third kappa shape index (κ3) is 2.94. The number of hydrogen-bond donors (Lipinski definition) is 1. The van der Waals surface area contributed by atoms with Gasteiger partial charge in [-0.25, -0.2) is 0 Å². The average Bonchev–Trinajstić information content (AvgIpc) is 3.11. The number of benzene rings is 1. The summed E-state index contributed by atoms with van der Waals surface area (Å²) < 4.78 is 0.743. The molecule has 0 saturated heterocycles. The van der Waals surface area contributed by atoms with Crippen LogP contribution in [-0.2, 0) is 6.54 Å². The zero-order chi connectivity index (χ0) is 14.8. The van der Waals surface area contributed by atoms with Crippen LogP contribution in [0.5, 0.6) is 0 Å². The standard InChI is InChI=1S/C15H14ClN3OS/c1-2-19(9-12-5-6-14(16)21-12)15(20)10-3-4-11-8-17-18-13(11)7-10/h3-8H,2,9H2,1H3,(H,17,18). The van der Waals surface area contributed by atoms with Crippen LogP contribution in [0, 0.1) is 0 Å². The first-order valence-electron chi connectivity index (χ1n) is 6.64. The highest BCUT2D eigenvalue weighted by atomic mass is 35.5. The van der Waals surface area contributed by atoms with Gasteiger partial charge in [0.1, 0.15) is 0 Å². The first-order chi connectivity index (χ1) is 10.2.